The first-order valence-electron chi connectivity index (χ1n) is 7.40. The molecule has 1 unspecified atom stereocenters. The van der Waals surface area contributed by atoms with Gasteiger partial charge in [0.05, 0.1) is 0 Å². The maximum atomic E-state index is 6.78. The summed E-state index contributed by atoms with van der Waals surface area (Å²) in [5.41, 5.74) is 11.0. The molecule has 3 rings (SSSR count). The Morgan fingerprint density at radius 1 is 0.952 bits per heavy atom. The van der Waals surface area contributed by atoms with Crippen molar-refractivity contribution in [3.8, 4) is 0 Å². The fourth-order valence-electron chi connectivity index (χ4n) is 3.88. The van der Waals surface area contributed by atoms with Gasteiger partial charge in [0.15, 0.2) is 0 Å². The van der Waals surface area contributed by atoms with E-state index in [-0.39, 0.29) is 23.4 Å². The van der Waals surface area contributed by atoms with Gasteiger partial charge in [-0.1, -0.05) is 68.4 Å². The van der Waals surface area contributed by atoms with Crippen molar-refractivity contribution in [3.63, 3.8) is 0 Å². The van der Waals surface area contributed by atoms with Crippen LogP contribution >= 0.6 is 12.4 Å². The van der Waals surface area contributed by atoms with Crippen molar-refractivity contribution in [3.05, 3.63) is 71.3 Å². The van der Waals surface area contributed by atoms with E-state index >= 15 is 0 Å². The smallest absolute Gasteiger partial charge is 0.0244 e. The standard InChI is InChI=1S/C19H23N.ClH/c1-18(2)14-19(20,12-15-8-4-3-5-9-15)13-16-10-6-7-11-17(16)18;/h3-11H,12-14,20H2,1-2H3;1H. The molecule has 0 aliphatic heterocycles. The van der Waals surface area contributed by atoms with Crippen molar-refractivity contribution in [2.75, 3.05) is 0 Å². The largest absolute Gasteiger partial charge is 0.324 e. The van der Waals surface area contributed by atoms with E-state index in [1.807, 2.05) is 0 Å². The molecule has 0 saturated heterocycles. The molecular weight excluding hydrogens is 278 g/mol. The lowest BCUT2D eigenvalue weighted by Crippen LogP contribution is -2.52. The second-order valence-corrected chi connectivity index (χ2v) is 6.92. The van der Waals surface area contributed by atoms with Gasteiger partial charge in [0.25, 0.3) is 0 Å². The molecule has 1 atom stereocenters. The first-order valence-corrected chi connectivity index (χ1v) is 7.40. The summed E-state index contributed by atoms with van der Waals surface area (Å²) in [6.07, 6.45) is 2.96. The topological polar surface area (TPSA) is 26.0 Å². The summed E-state index contributed by atoms with van der Waals surface area (Å²) in [4.78, 5) is 0. The molecule has 2 aromatic rings. The minimum absolute atomic E-state index is 0. The first-order chi connectivity index (χ1) is 9.49. The van der Waals surface area contributed by atoms with Crippen molar-refractivity contribution in [1.29, 1.82) is 0 Å². The van der Waals surface area contributed by atoms with Crippen molar-refractivity contribution >= 4 is 12.4 Å². The van der Waals surface area contributed by atoms with Gasteiger partial charge in [-0.3, -0.25) is 0 Å². The highest BCUT2D eigenvalue weighted by Crippen LogP contribution is 2.41. The highest BCUT2D eigenvalue weighted by atomic mass is 35.5. The second-order valence-electron chi connectivity index (χ2n) is 6.92. The van der Waals surface area contributed by atoms with Crippen molar-refractivity contribution in [2.45, 2.75) is 44.1 Å². The van der Waals surface area contributed by atoms with Crippen LogP contribution in [0.4, 0.5) is 0 Å². The Morgan fingerprint density at radius 3 is 2.29 bits per heavy atom. The Balaban J connectivity index is 0.00000161. The molecule has 0 heterocycles. The average Bonchev–Trinajstić information content (AvgIpc) is 2.38. The molecule has 21 heavy (non-hydrogen) atoms. The van der Waals surface area contributed by atoms with Gasteiger partial charge in [-0.15, -0.1) is 12.4 Å². The fraction of sp³-hybridized carbons (Fsp3) is 0.368. The fourth-order valence-corrected chi connectivity index (χ4v) is 3.88. The molecule has 112 valence electrons. The molecule has 2 heteroatoms. The monoisotopic (exact) mass is 301 g/mol. The third-order valence-corrected chi connectivity index (χ3v) is 4.48. The number of hydrogen-bond donors (Lipinski definition) is 1. The maximum absolute atomic E-state index is 6.78. The zero-order chi connectivity index (χ0) is 14.2. The third kappa shape index (κ3) is 3.30. The predicted octanol–water partition coefficient (Wildman–Crippen LogP) is 4.27. The van der Waals surface area contributed by atoms with E-state index in [4.69, 9.17) is 5.73 Å². The highest BCUT2D eigenvalue weighted by molar-refractivity contribution is 5.85. The lowest BCUT2D eigenvalue weighted by molar-refractivity contribution is 0.276. The van der Waals surface area contributed by atoms with Crippen molar-refractivity contribution in [1.82, 2.24) is 0 Å². The van der Waals surface area contributed by atoms with E-state index in [1.54, 1.807) is 0 Å². The quantitative estimate of drug-likeness (QED) is 0.880. The van der Waals surface area contributed by atoms with Crippen LogP contribution in [0.3, 0.4) is 0 Å². The molecule has 0 radical (unpaired) electrons. The lowest BCUT2D eigenvalue weighted by Gasteiger charge is -2.44. The van der Waals surface area contributed by atoms with Crippen LogP contribution in [0.2, 0.25) is 0 Å². The van der Waals surface area contributed by atoms with Crippen LogP contribution in [0.1, 0.15) is 37.0 Å². The number of hydrogen-bond acceptors (Lipinski definition) is 1. The summed E-state index contributed by atoms with van der Waals surface area (Å²) in [6, 6.07) is 19.4. The van der Waals surface area contributed by atoms with Gasteiger partial charge >= 0.3 is 0 Å². The van der Waals surface area contributed by atoms with E-state index in [1.165, 1.54) is 16.7 Å². The summed E-state index contributed by atoms with van der Waals surface area (Å²) >= 11 is 0. The Labute approximate surface area is 134 Å². The summed E-state index contributed by atoms with van der Waals surface area (Å²) < 4.78 is 0. The van der Waals surface area contributed by atoms with Gasteiger partial charge < -0.3 is 5.73 Å². The zero-order valence-electron chi connectivity index (χ0n) is 12.8. The number of rotatable bonds is 2. The Hall–Kier alpha value is -1.31. The Morgan fingerprint density at radius 2 is 1.57 bits per heavy atom. The summed E-state index contributed by atoms with van der Waals surface area (Å²) in [7, 11) is 0. The minimum atomic E-state index is -0.140. The zero-order valence-corrected chi connectivity index (χ0v) is 13.6. The maximum Gasteiger partial charge on any atom is 0.0244 e. The molecule has 0 saturated carbocycles. The molecule has 0 spiro atoms. The van der Waals surface area contributed by atoms with Crippen molar-refractivity contribution in [2.24, 2.45) is 5.73 Å². The average molecular weight is 302 g/mol. The molecule has 0 amide bonds. The van der Waals surface area contributed by atoms with Gasteiger partial charge in [0, 0.05) is 5.54 Å². The van der Waals surface area contributed by atoms with Crippen LogP contribution in [-0.4, -0.2) is 5.54 Å². The molecule has 0 bridgehead atoms. The van der Waals surface area contributed by atoms with Crippen LogP contribution in [0.15, 0.2) is 54.6 Å². The molecule has 1 nitrogen and oxygen atoms in total. The molecule has 0 fully saturated rings. The van der Waals surface area contributed by atoms with Crippen molar-refractivity contribution < 1.29 is 0 Å². The van der Waals surface area contributed by atoms with E-state index in [0.717, 1.165) is 19.3 Å². The predicted molar refractivity (Wildman–Crippen MR) is 92.1 cm³/mol. The van der Waals surface area contributed by atoms with Crippen LogP contribution in [0.25, 0.3) is 0 Å². The highest BCUT2D eigenvalue weighted by Gasteiger charge is 2.40. The van der Waals surface area contributed by atoms with Gasteiger partial charge in [-0.25, -0.2) is 0 Å². The van der Waals surface area contributed by atoms with Crippen LogP contribution < -0.4 is 5.73 Å². The molecular formula is C19H24ClN. The second kappa shape index (κ2) is 5.82. The minimum Gasteiger partial charge on any atom is -0.324 e. The number of nitrogens with two attached hydrogens (primary N) is 1. The van der Waals surface area contributed by atoms with E-state index < -0.39 is 0 Å². The van der Waals surface area contributed by atoms with Gasteiger partial charge in [-0.2, -0.15) is 0 Å². The Bertz CT molecular complexity index is 606. The summed E-state index contributed by atoms with van der Waals surface area (Å²) in [5.74, 6) is 0. The molecule has 1 aliphatic rings. The van der Waals surface area contributed by atoms with E-state index in [0.29, 0.717) is 0 Å². The van der Waals surface area contributed by atoms with Gasteiger partial charge in [0.2, 0.25) is 0 Å². The normalized spacial score (nSPS) is 23.0. The van der Waals surface area contributed by atoms with Crippen LogP contribution in [0.5, 0.6) is 0 Å². The summed E-state index contributed by atoms with van der Waals surface area (Å²) in [5, 5.41) is 0. The molecule has 2 N–H and O–H groups in total. The number of halogens is 1. The van der Waals surface area contributed by atoms with E-state index in [2.05, 4.69) is 68.4 Å². The van der Waals surface area contributed by atoms with Crippen LogP contribution in [0, 0.1) is 0 Å². The summed E-state index contributed by atoms with van der Waals surface area (Å²) in [6.45, 7) is 4.63. The molecule has 2 aromatic carbocycles. The number of fused-ring (bicyclic) bond motifs is 1. The molecule has 0 aromatic heterocycles. The van der Waals surface area contributed by atoms with Gasteiger partial charge in [-0.05, 0) is 41.4 Å². The SMILES string of the molecule is CC1(C)CC(N)(Cc2ccccc2)Cc2ccccc21.Cl. The lowest BCUT2D eigenvalue weighted by atomic mass is 9.64. The van der Waals surface area contributed by atoms with Crippen LogP contribution in [-0.2, 0) is 18.3 Å². The number of benzene rings is 2. The van der Waals surface area contributed by atoms with E-state index in [9.17, 15) is 0 Å². The third-order valence-electron chi connectivity index (χ3n) is 4.48. The molecule has 1 aliphatic carbocycles. The first kappa shape index (κ1) is 16.1. The van der Waals surface area contributed by atoms with Gasteiger partial charge in [0.1, 0.15) is 0 Å². The Kier molecular flexibility index (Phi) is 4.46.